The summed E-state index contributed by atoms with van der Waals surface area (Å²) >= 11 is 9.23. The zero-order chi connectivity index (χ0) is 14.7. The largest absolute Gasteiger partial charge is 0.369 e. The van der Waals surface area contributed by atoms with Crippen LogP contribution in [0.4, 0.5) is 0 Å². The quantitative estimate of drug-likeness (QED) is 0.835. The van der Waals surface area contributed by atoms with Crippen molar-refractivity contribution in [2.75, 3.05) is 13.1 Å². The van der Waals surface area contributed by atoms with Crippen molar-refractivity contribution in [1.82, 2.24) is 9.88 Å². The van der Waals surface area contributed by atoms with E-state index in [4.69, 9.17) is 17.3 Å². The Kier molecular flexibility index (Phi) is 4.99. The van der Waals surface area contributed by atoms with Crippen molar-refractivity contribution in [2.45, 2.75) is 19.3 Å². The second-order valence-corrected chi connectivity index (χ2v) is 5.98. The number of nitrogens with two attached hydrogens (primary N) is 1. The van der Waals surface area contributed by atoms with Crippen LogP contribution in [0.2, 0.25) is 5.15 Å². The summed E-state index contributed by atoms with van der Waals surface area (Å²) in [5, 5.41) is 0.337. The van der Waals surface area contributed by atoms with Crippen LogP contribution in [0, 0.1) is 5.92 Å². The summed E-state index contributed by atoms with van der Waals surface area (Å²) in [7, 11) is 0. The number of nitrogens with zero attached hydrogens (tertiary/aromatic N) is 2. The number of carbonyl (C=O) groups is 2. The molecule has 1 aliphatic rings. The van der Waals surface area contributed by atoms with E-state index in [2.05, 4.69) is 20.9 Å². The van der Waals surface area contributed by atoms with Gasteiger partial charge >= 0.3 is 0 Å². The van der Waals surface area contributed by atoms with Gasteiger partial charge in [-0.3, -0.25) is 9.59 Å². The highest BCUT2D eigenvalue weighted by atomic mass is 79.9. The fourth-order valence-electron chi connectivity index (χ4n) is 2.30. The average Bonchev–Trinajstić information content (AvgIpc) is 2.44. The third-order valence-electron chi connectivity index (χ3n) is 3.44. The fourth-order valence-corrected chi connectivity index (χ4v) is 2.85. The van der Waals surface area contributed by atoms with Gasteiger partial charge in [0.15, 0.2) is 0 Å². The number of halogens is 2. The van der Waals surface area contributed by atoms with Crippen LogP contribution in [-0.4, -0.2) is 34.8 Å². The van der Waals surface area contributed by atoms with E-state index in [1.807, 2.05) is 0 Å². The predicted octanol–water partition coefficient (Wildman–Crippen LogP) is 1.76. The Morgan fingerprint density at radius 3 is 3.00 bits per heavy atom. The summed E-state index contributed by atoms with van der Waals surface area (Å²) in [4.78, 5) is 29.1. The molecule has 2 N–H and O–H groups in total. The van der Waals surface area contributed by atoms with Crippen molar-refractivity contribution in [1.29, 1.82) is 0 Å². The Labute approximate surface area is 130 Å². The minimum absolute atomic E-state index is 0.0288. The van der Waals surface area contributed by atoms with E-state index in [1.54, 1.807) is 17.2 Å². The van der Waals surface area contributed by atoms with E-state index in [9.17, 15) is 9.59 Å². The molecule has 2 rings (SSSR count). The first-order valence-corrected chi connectivity index (χ1v) is 7.52. The molecule has 2 heterocycles. The van der Waals surface area contributed by atoms with Gasteiger partial charge in [0.05, 0.1) is 16.8 Å². The number of carbonyl (C=O) groups excluding carboxylic acids is 2. The minimum Gasteiger partial charge on any atom is -0.369 e. The number of primary amides is 1. The lowest BCUT2D eigenvalue weighted by Gasteiger charge is -2.31. The van der Waals surface area contributed by atoms with Gasteiger partial charge in [0.1, 0.15) is 5.15 Å². The van der Waals surface area contributed by atoms with Crippen molar-refractivity contribution in [3.05, 3.63) is 27.5 Å². The molecule has 2 amide bonds. The van der Waals surface area contributed by atoms with E-state index in [0.717, 1.165) is 18.4 Å². The monoisotopic (exact) mass is 359 g/mol. The van der Waals surface area contributed by atoms with Crippen LogP contribution in [0.3, 0.4) is 0 Å². The molecule has 7 heteroatoms. The van der Waals surface area contributed by atoms with E-state index in [-0.39, 0.29) is 24.2 Å². The second kappa shape index (κ2) is 6.54. The molecule has 0 bridgehead atoms. The maximum atomic E-state index is 12.3. The van der Waals surface area contributed by atoms with Crippen molar-refractivity contribution >= 4 is 39.3 Å². The van der Waals surface area contributed by atoms with E-state index in [1.165, 1.54) is 0 Å². The first-order chi connectivity index (χ1) is 9.49. The molecule has 20 heavy (non-hydrogen) atoms. The first-order valence-electron chi connectivity index (χ1n) is 6.35. The number of piperidine rings is 1. The number of hydrogen-bond acceptors (Lipinski definition) is 3. The van der Waals surface area contributed by atoms with Crippen LogP contribution in [-0.2, 0) is 16.0 Å². The Morgan fingerprint density at radius 1 is 1.55 bits per heavy atom. The number of aromatic nitrogens is 1. The third kappa shape index (κ3) is 3.49. The van der Waals surface area contributed by atoms with Crippen LogP contribution < -0.4 is 5.73 Å². The van der Waals surface area contributed by atoms with E-state index in [0.29, 0.717) is 22.7 Å². The van der Waals surface area contributed by atoms with Gasteiger partial charge in [-0.25, -0.2) is 4.98 Å². The van der Waals surface area contributed by atoms with Gasteiger partial charge in [-0.1, -0.05) is 11.6 Å². The molecule has 1 atom stereocenters. The average molecular weight is 361 g/mol. The third-order valence-corrected chi connectivity index (χ3v) is 4.84. The molecule has 0 aromatic carbocycles. The highest BCUT2D eigenvalue weighted by Gasteiger charge is 2.27. The zero-order valence-electron chi connectivity index (χ0n) is 10.8. The summed E-state index contributed by atoms with van der Waals surface area (Å²) in [6.45, 7) is 1.07. The molecule has 1 aliphatic heterocycles. The number of rotatable bonds is 3. The molecule has 0 unspecified atom stereocenters. The molecule has 1 aromatic heterocycles. The number of hydrogen-bond donors (Lipinski definition) is 1. The molecule has 1 fully saturated rings. The van der Waals surface area contributed by atoms with Crippen molar-refractivity contribution in [2.24, 2.45) is 11.7 Å². The van der Waals surface area contributed by atoms with Crippen LogP contribution in [0.1, 0.15) is 18.4 Å². The minimum atomic E-state index is -0.337. The molecular weight excluding hydrogens is 346 g/mol. The maximum Gasteiger partial charge on any atom is 0.227 e. The van der Waals surface area contributed by atoms with Gasteiger partial charge in [0.2, 0.25) is 11.8 Å². The van der Waals surface area contributed by atoms with Gasteiger partial charge < -0.3 is 10.6 Å². The van der Waals surface area contributed by atoms with Crippen LogP contribution in [0.25, 0.3) is 0 Å². The fraction of sp³-hybridized carbons (Fsp3) is 0.462. The van der Waals surface area contributed by atoms with Crippen molar-refractivity contribution in [3.8, 4) is 0 Å². The summed E-state index contributed by atoms with van der Waals surface area (Å²) < 4.78 is 0.637. The molecule has 108 valence electrons. The molecule has 0 spiro atoms. The normalized spacial score (nSPS) is 18.9. The summed E-state index contributed by atoms with van der Waals surface area (Å²) in [6, 6.07) is 1.75. The van der Waals surface area contributed by atoms with E-state index >= 15 is 0 Å². The first kappa shape index (κ1) is 15.3. The lowest BCUT2D eigenvalue weighted by molar-refractivity contribution is -0.134. The van der Waals surface area contributed by atoms with E-state index < -0.39 is 0 Å². The lowest BCUT2D eigenvalue weighted by Crippen LogP contribution is -2.44. The Balaban J connectivity index is 2.04. The number of likely N-dealkylation sites (tertiary alicyclic amines) is 1. The molecule has 1 saturated heterocycles. The molecule has 0 saturated carbocycles. The van der Waals surface area contributed by atoms with Crippen molar-refractivity contribution in [3.63, 3.8) is 0 Å². The summed E-state index contributed by atoms with van der Waals surface area (Å²) in [5.74, 6) is -0.605. The molecule has 0 radical (unpaired) electrons. The van der Waals surface area contributed by atoms with Crippen LogP contribution in [0.15, 0.2) is 16.7 Å². The number of pyridine rings is 1. The van der Waals surface area contributed by atoms with Gasteiger partial charge in [-0.05, 0) is 40.4 Å². The zero-order valence-corrected chi connectivity index (χ0v) is 13.2. The highest BCUT2D eigenvalue weighted by molar-refractivity contribution is 9.10. The van der Waals surface area contributed by atoms with Gasteiger partial charge in [0.25, 0.3) is 0 Å². The number of amides is 2. The smallest absolute Gasteiger partial charge is 0.227 e. The molecule has 1 aromatic rings. The van der Waals surface area contributed by atoms with Gasteiger partial charge in [0, 0.05) is 19.3 Å². The Bertz CT molecular complexity index is 538. The summed E-state index contributed by atoms with van der Waals surface area (Å²) in [6.07, 6.45) is 3.36. The summed E-state index contributed by atoms with van der Waals surface area (Å²) in [5.41, 5.74) is 6.10. The predicted molar refractivity (Wildman–Crippen MR) is 79.1 cm³/mol. The van der Waals surface area contributed by atoms with Crippen LogP contribution in [0.5, 0.6) is 0 Å². The lowest BCUT2D eigenvalue weighted by atomic mass is 9.97. The standard InChI is InChI=1S/C13H15BrClN3O2/c14-11-8(3-4-17-12(11)15)6-10(19)18-5-1-2-9(7-18)13(16)20/h3-4,9H,1-2,5-7H2,(H2,16,20)/t9-/m0/s1. The molecule has 5 nitrogen and oxygen atoms in total. The maximum absolute atomic E-state index is 12.3. The Hall–Kier alpha value is -1.14. The SMILES string of the molecule is NC(=O)[C@H]1CCCN(C(=O)Cc2ccnc(Cl)c2Br)C1. The van der Waals surface area contributed by atoms with Crippen molar-refractivity contribution < 1.29 is 9.59 Å². The Morgan fingerprint density at radius 2 is 2.30 bits per heavy atom. The van der Waals surface area contributed by atoms with Crippen LogP contribution >= 0.6 is 27.5 Å². The molecule has 0 aliphatic carbocycles. The second-order valence-electron chi connectivity index (χ2n) is 4.83. The highest BCUT2D eigenvalue weighted by Crippen LogP contribution is 2.25. The van der Waals surface area contributed by atoms with Gasteiger partial charge in [-0.15, -0.1) is 0 Å². The van der Waals surface area contributed by atoms with Gasteiger partial charge in [-0.2, -0.15) is 0 Å². The topological polar surface area (TPSA) is 76.3 Å². The molecular formula is C13H15BrClN3O2.